The van der Waals surface area contributed by atoms with Gasteiger partial charge in [0, 0.05) is 35.3 Å². The second kappa shape index (κ2) is 6.52. The fraction of sp³-hybridized carbons (Fsp3) is 0.538. The summed E-state index contributed by atoms with van der Waals surface area (Å²) < 4.78 is 28.5. The van der Waals surface area contributed by atoms with Crippen LogP contribution in [-0.4, -0.2) is 33.1 Å². The van der Waals surface area contributed by atoms with Gasteiger partial charge in [-0.2, -0.15) is 0 Å². The molecule has 112 valence electrons. The van der Waals surface area contributed by atoms with Crippen molar-refractivity contribution in [2.45, 2.75) is 19.4 Å². The summed E-state index contributed by atoms with van der Waals surface area (Å²) in [4.78, 5) is 0. The highest BCUT2D eigenvalue weighted by molar-refractivity contribution is 7.91. The maximum atomic E-state index is 11.5. The van der Waals surface area contributed by atoms with Crippen LogP contribution in [0.4, 0.5) is 0 Å². The highest BCUT2D eigenvalue weighted by atomic mass is 35.5. The standard InChI is InChI=1S/C13H17Cl2NO3S/c1-2-20(17,18)6-4-16-12-3-5-19-13-10(12)7-9(14)8-11(13)15/h7-8,12,16H,2-6H2,1H3. The van der Waals surface area contributed by atoms with Crippen LogP contribution in [0, 0.1) is 0 Å². The first-order valence-corrected chi connectivity index (χ1v) is 9.06. The predicted molar refractivity (Wildman–Crippen MR) is 81.6 cm³/mol. The van der Waals surface area contributed by atoms with E-state index in [-0.39, 0.29) is 17.5 Å². The Morgan fingerprint density at radius 2 is 2.15 bits per heavy atom. The van der Waals surface area contributed by atoms with Gasteiger partial charge < -0.3 is 10.1 Å². The van der Waals surface area contributed by atoms with Crippen LogP contribution in [0.2, 0.25) is 10.0 Å². The molecule has 1 aromatic rings. The number of sulfone groups is 1. The van der Waals surface area contributed by atoms with Gasteiger partial charge >= 0.3 is 0 Å². The maximum absolute atomic E-state index is 11.5. The second-order valence-electron chi connectivity index (χ2n) is 4.69. The van der Waals surface area contributed by atoms with E-state index in [1.165, 1.54) is 0 Å². The lowest BCUT2D eigenvalue weighted by molar-refractivity contribution is 0.254. The highest BCUT2D eigenvalue weighted by Gasteiger charge is 2.24. The Hall–Kier alpha value is -0.490. The molecule has 1 unspecified atom stereocenters. The number of hydrogen-bond acceptors (Lipinski definition) is 4. The summed E-state index contributed by atoms with van der Waals surface area (Å²) in [6, 6.07) is 3.47. The van der Waals surface area contributed by atoms with E-state index in [1.54, 1.807) is 13.0 Å². The summed E-state index contributed by atoms with van der Waals surface area (Å²) >= 11 is 12.1. The van der Waals surface area contributed by atoms with E-state index >= 15 is 0 Å². The zero-order valence-electron chi connectivity index (χ0n) is 11.2. The van der Waals surface area contributed by atoms with Crippen LogP contribution < -0.4 is 10.1 Å². The number of ether oxygens (including phenoxy) is 1. The third-order valence-corrected chi connectivity index (χ3v) is 5.51. The van der Waals surface area contributed by atoms with Gasteiger partial charge in [-0.05, 0) is 12.1 Å². The molecule has 0 saturated carbocycles. The zero-order valence-corrected chi connectivity index (χ0v) is 13.5. The van der Waals surface area contributed by atoms with Gasteiger partial charge in [0.05, 0.1) is 17.4 Å². The van der Waals surface area contributed by atoms with Crippen LogP contribution in [0.3, 0.4) is 0 Å². The fourth-order valence-electron chi connectivity index (χ4n) is 2.17. The molecule has 0 bridgehead atoms. The van der Waals surface area contributed by atoms with Crippen molar-refractivity contribution in [1.82, 2.24) is 5.32 Å². The minimum Gasteiger partial charge on any atom is -0.492 e. The van der Waals surface area contributed by atoms with Crippen molar-refractivity contribution >= 4 is 33.0 Å². The minimum atomic E-state index is -2.96. The number of nitrogens with one attached hydrogen (secondary N) is 1. The molecular weight excluding hydrogens is 321 g/mol. The van der Waals surface area contributed by atoms with Crippen molar-refractivity contribution in [3.63, 3.8) is 0 Å². The molecule has 0 aromatic heterocycles. The number of benzene rings is 1. The first-order valence-electron chi connectivity index (χ1n) is 6.48. The van der Waals surface area contributed by atoms with E-state index < -0.39 is 9.84 Å². The first-order chi connectivity index (χ1) is 9.43. The number of halogens is 2. The Bertz CT molecular complexity index is 590. The van der Waals surface area contributed by atoms with Crippen LogP contribution in [-0.2, 0) is 9.84 Å². The first kappa shape index (κ1) is 15.9. The summed E-state index contributed by atoms with van der Waals surface area (Å²) in [5, 5.41) is 4.28. The molecule has 0 amide bonds. The second-order valence-corrected chi connectivity index (χ2v) is 8.00. The molecule has 20 heavy (non-hydrogen) atoms. The van der Waals surface area contributed by atoms with Crippen LogP contribution >= 0.6 is 23.2 Å². The average Bonchev–Trinajstić information content (AvgIpc) is 2.39. The van der Waals surface area contributed by atoms with E-state index in [0.717, 1.165) is 12.0 Å². The van der Waals surface area contributed by atoms with Crippen LogP contribution in [0.15, 0.2) is 12.1 Å². The molecule has 7 heteroatoms. The molecule has 0 spiro atoms. The van der Waals surface area contributed by atoms with Gasteiger partial charge in [-0.25, -0.2) is 8.42 Å². The van der Waals surface area contributed by atoms with Gasteiger partial charge in [0.25, 0.3) is 0 Å². The SMILES string of the molecule is CCS(=O)(=O)CCNC1CCOc2c(Cl)cc(Cl)cc21. The number of hydrogen-bond donors (Lipinski definition) is 1. The van der Waals surface area contributed by atoms with E-state index in [0.29, 0.717) is 28.9 Å². The average molecular weight is 338 g/mol. The molecule has 1 aliphatic heterocycles. The lowest BCUT2D eigenvalue weighted by Crippen LogP contribution is -2.31. The summed E-state index contributed by atoms with van der Waals surface area (Å²) in [5.74, 6) is 0.930. The smallest absolute Gasteiger partial charge is 0.151 e. The van der Waals surface area contributed by atoms with Crippen LogP contribution in [0.1, 0.15) is 24.9 Å². The topological polar surface area (TPSA) is 55.4 Å². The van der Waals surface area contributed by atoms with Gasteiger partial charge in [0.15, 0.2) is 9.84 Å². The van der Waals surface area contributed by atoms with Gasteiger partial charge in [0.2, 0.25) is 0 Å². The third kappa shape index (κ3) is 3.79. The van der Waals surface area contributed by atoms with E-state index in [4.69, 9.17) is 27.9 Å². The molecule has 0 fully saturated rings. The molecule has 4 nitrogen and oxygen atoms in total. The monoisotopic (exact) mass is 337 g/mol. The minimum absolute atomic E-state index is 0.0157. The maximum Gasteiger partial charge on any atom is 0.151 e. The van der Waals surface area contributed by atoms with Gasteiger partial charge in [-0.3, -0.25) is 0 Å². The largest absolute Gasteiger partial charge is 0.492 e. The third-order valence-electron chi connectivity index (χ3n) is 3.31. The predicted octanol–water partition coefficient (Wildman–Crippen LogP) is 2.84. The summed E-state index contributed by atoms with van der Waals surface area (Å²) in [5.41, 5.74) is 0.891. The van der Waals surface area contributed by atoms with Crippen molar-refractivity contribution in [3.05, 3.63) is 27.7 Å². The van der Waals surface area contributed by atoms with E-state index in [1.807, 2.05) is 6.07 Å². The van der Waals surface area contributed by atoms with Gasteiger partial charge in [0.1, 0.15) is 5.75 Å². The Morgan fingerprint density at radius 3 is 2.85 bits per heavy atom. The highest BCUT2D eigenvalue weighted by Crippen LogP contribution is 2.39. The Balaban J connectivity index is 2.09. The Morgan fingerprint density at radius 1 is 1.40 bits per heavy atom. The normalized spacial score (nSPS) is 18.4. The van der Waals surface area contributed by atoms with Crippen molar-refractivity contribution < 1.29 is 13.2 Å². The van der Waals surface area contributed by atoms with E-state index in [2.05, 4.69) is 5.32 Å². The number of rotatable bonds is 5. The molecular formula is C13H17Cl2NO3S. The molecule has 1 N–H and O–H groups in total. The van der Waals surface area contributed by atoms with Crippen molar-refractivity contribution in [3.8, 4) is 5.75 Å². The Labute approximate surface area is 129 Å². The molecule has 1 heterocycles. The molecule has 0 radical (unpaired) electrons. The Kier molecular flexibility index (Phi) is 5.18. The van der Waals surface area contributed by atoms with Gasteiger partial charge in [-0.1, -0.05) is 30.1 Å². The van der Waals surface area contributed by atoms with Crippen molar-refractivity contribution in [2.75, 3.05) is 24.7 Å². The molecule has 1 aliphatic rings. The van der Waals surface area contributed by atoms with Crippen LogP contribution in [0.5, 0.6) is 5.75 Å². The molecule has 0 aliphatic carbocycles. The summed E-state index contributed by atoms with van der Waals surface area (Å²) in [6.07, 6.45) is 0.760. The molecule has 0 saturated heterocycles. The lowest BCUT2D eigenvalue weighted by Gasteiger charge is -2.27. The molecule has 2 rings (SSSR count). The van der Waals surface area contributed by atoms with Gasteiger partial charge in [-0.15, -0.1) is 0 Å². The van der Waals surface area contributed by atoms with Crippen molar-refractivity contribution in [1.29, 1.82) is 0 Å². The van der Waals surface area contributed by atoms with Crippen molar-refractivity contribution in [2.24, 2.45) is 0 Å². The summed E-state index contributed by atoms with van der Waals surface area (Å²) in [7, 11) is -2.96. The summed E-state index contributed by atoms with van der Waals surface area (Å²) in [6.45, 7) is 2.61. The number of fused-ring (bicyclic) bond motifs is 1. The quantitative estimate of drug-likeness (QED) is 0.897. The molecule has 1 atom stereocenters. The zero-order chi connectivity index (χ0) is 14.8. The van der Waals surface area contributed by atoms with Crippen LogP contribution in [0.25, 0.3) is 0 Å². The lowest BCUT2D eigenvalue weighted by atomic mass is 10.0. The molecule has 1 aromatic carbocycles. The fourth-order valence-corrected chi connectivity index (χ4v) is 3.45. The van der Waals surface area contributed by atoms with E-state index in [9.17, 15) is 8.42 Å².